The fourth-order valence-corrected chi connectivity index (χ4v) is 4.18. The number of nitrogens with zero attached hydrogens (tertiary/aromatic N) is 5. The minimum absolute atomic E-state index is 0.168. The van der Waals surface area contributed by atoms with Crippen LogP contribution in [0.5, 0.6) is 0 Å². The largest absolute Gasteiger partial charge is 0.341 e. The summed E-state index contributed by atoms with van der Waals surface area (Å²) in [6.07, 6.45) is 1.19. The number of hydrogen-bond donors (Lipinski definition) is 0. The number of rotatable bonds is 4. The van der Waals surface area contributed by atoms with Crippen LogP contribution >= 0.6 is 11.8 Å². The van der Waals surface area contributed by atoms with E-state index in [1.807, 2.05) is 42.2 Å². The molecule has 0 N–H and O–H groups in total. The first-order chi connectivity index (χ1) is 11.5. The van der Waals surface area contributed by atoms with Crippen LogP contribution in [0.4, 0.5) is 0 Å². The van der Waals surface area contributed by atoms with Gasteiger partial charge >= 0.3 is 0 Å². The molecule has 1 aliphatic rings. The molecule has 1 fully saturated rings. The summed E-state index contributed by atoms with van der Waals surface area (Å²) in [6.45, 7) is 8.05. The van der Waals surface area contributed by atoms with Gasteiger partial charge in [0.05, 0.1) is 10.9 Å². The molecule has 6 nitrogen and oxygen atoms in total. The average molecular weight is 345 g/mol. The van der Waals surface area contributed by atoms with E-state index in [4.69, 9.17) is 0 Å². The monoisotopic (exact) mass is 345 g/mol. The number of thioether (sulfide) groups is 1. The topological polar surface area (TPSA) is 63.9 Å². The highest BCUT2D eigenvalue weighted by Gasteiger charge is 2.29. The Morgan fingerprint density at radius 3 is 2.54 bits per heavy atom. The molecule has 1 saturated heterocycles. The van der Waals surface area contributed by atoms with Crippen molar-refractivity contribution in [2.45, 2.75) is 37.6 Å². The first kappa shape index (κ1) is 17.0. The predicted molar refractivity (Wildman–Crippen MR) is 94.0 cm³/mol. The van der Waals surface area contributed by atoms with Gasteiger partial charge in [-0.1, -0.05) is 43.8 Å². The Bertz CT molecular complexity index is 679. The Labute approximate surface area is 146 Å². The highest BCUT2D eigenvalue weighted by Crippen LogP contribution is 2.27. The van der Waals surface area contributed by atoms with Gasteiger partial charge in [0.15, 0.2) is 0 Å². The summed E-state index contributed by atoms with van der Waals surface area (Å²) in [5, 5.41) is 12.3. The Morgan fingerprint density at radius 2 is 1.88 bits per heavy atom. The van der Waals surface area contributed by atoms with Crippen LogP contribution in [0.1, 0.15) is 27.2 Å². The van der Waals surface area contributed by atoms with Gasteiger partial charge in [-0.3, -0.25) is 4.79 Å². The van der Waals surface area contributed by atoms with Crippen LogP contribution in [0, 0.1) is 11.8 Å². The number of carbonyl (C=O) groups is 1. The lowest BCUT2D eigenvalue weighted by Crippen LogP contribution is -2.45. The molecule has 0 saturated carbocycles. The number of para-hydroxylation sites is 1. The predicted octanol–water partition coefficient (Wildman–Crippen LogP) is 2.65. The molecule has 1 amide bonds. The summed E-state index contributed by atoms with van der Waals surface area (Å²) in [5.41, 5.74) is 0.893. The first-order valence-corrected chi connectivity index (χ1v) is 9.21. The van der Waals surface area contributed by atoms with Crippen molar-refractivity contribution in [2.75, 3.05) is 13.1 Å². The van der Waals surface area contributed by atoms with Gasteiger partial charge in [0.25, 0.3) is 0 Å². The highest BCUT2D eigenvalue weighted by atomic mass is 32.2. The van der Waals surface area contributed by atoms with Crippen molar-refractivity contribution in [3.8, 4) is 5.69 Å². The molecule has 128 valence electrons. The van der Waals surface area contributed by atoms with Crippen molar-refractivity contribution in [3.05, 3.63) is 30.3 Å². The van der Waals surface area contributed by atoms with Gasteiger partial charge in [0.1, 0.15) is 0 Å². The highest BCUT2D eigenvalue weighted by molar-refractivity contribution is 8.00. The third-order valence-corrected chi connectivity index (χ3v) is 5.27. The summed E-state index contributed by atoms with van der Waals surface area (Å²) in [4.78, 5) is 14.8. The van der Waals surface area contributed by atoms with E-state index in [-0.39, 0.29) is 11.2 Å². The van der Waals surface area contributed by atoms with E-state index in [0.29, 0.717) is 17.0 Å². The molecule has 3 unspecified atom stereocenters. The molecule has 0 bridgehead atoms. The molecule has 1 aliphatic heterocycles. The molecule has 3 atom stereocenters. The van der Waals surface area contributed by atoms with Gasteiger partial charge in [-0.15, -0.1) is 5.10 Å². The molecule has 3 rings (SSSR count). The van der Waals surface area contributed by atoms with Crippen molar-refractivity contribution in [2.24, 2.45) is 11.8 Å². The minimum atomic E-state index is -0.212. The van der Waals surface area contributed by atoms with Crippen LogP contribution in [-0.4, -0.2) is 49.4 Å². The van der Waals surface area contributed by atoms with Gasteiger partial charge < -0.3 is 4.90 Å². The number of tetrazole rings is 1. The SMILES string of the molecule is CC1CC(C)CN(C(=O)C(C)Sc2nnnn2-c2ccccc2)C1. The molecule has 24 heavy (non-hydrogen) atoms. The fourth-order valence-electron chi connectivity index (χ4n) is 3.29. The maximum absolute atomic E-state index is 12.8. The molecule has 1 aromatic carbocycles. The molecular formula is C17H23N5OS. The van der Waals surface area contributed by atoms with E-state index in [1.165, 1.54) is 18.2 Å². The molecule has 0 radical (unpaired) electrons. The summed E-state index contributed by atoms with van der Waals surface area (Å²) in [5.74, 6) is 1.29. The Kier molecular flexibility index (Phi) is 5.18. The molecule has 1 aromatic heterocycles. The number of carbonyl (C=O) groups excluding carboxylic acids is 1. The van der Waals surface area contributed by atoms with Gasteiger partial charge in [0, 0.05) is 13.1 Å². The second kappa shape index (κ2) is 7.34. The average Bonchev–Trinajstić information content (AvgIpc) is 3.02. The van der Waals surface area contributed by atoms with Crippen molar-refractivity contribution < 1.29 is 4.79 Å². The van der Waals surface area contributed by atoms with E-state index in [9.17, 15) is 4.79 Å². The number of benzene rings is 1. The second-order valence-electron chi connectivity index (χ2n) is 6.66. The number of aromatic nitrogens is 4. The normalized spacial score (nSPS) is 22.4. The molecule has 0 spiro atoms. The summed E-state index contributed by atoms with van der Waals surface area (Å²) in [7, 11) is 0. The van der Waals surface area contributed by atoms with Crippen molar-refractivity contribution in [3.63, 3.8) is 0 Å². The van der Waals surface area contributed by atoms with Crippen LogP contribution in [0.2, 0.25) is 0 Å². The third-order valence-electron chi connectivity index (χ3n) is 4.25. The number of hydrogen-bond acceptors (Lipinski definition) is 5. The summed E-state index contributed by atoms with van der Waals surface area (Å²) < 4.78 is 1.68. The lowest BCUT2D eigenvalue weighted by Gasteiger charge is -2.36. The van der Waals surface area contributed by atoms with Gasteiger partial charge in [0.2, 0.25) is 11.1 Å². The smallest absolute Gasteiger partial charge is 0.235 e. The zero-order valence-corrected chi connectivity index (χ0v) is 15.1. The molecule has 2 aromatic rings. The van der Waals surface area contributed by atoms with Gasteiger partial charge in [-0.05, 0) is 47.7 Å². The van der Waals surface area contributed by atoms with Gasteiger partial charge in [-0.25, -0.2) is 0 Å². The van der Waals surface area contributed by atoms with Crippen LogP contribution in [-0.2, 0) is 4.79 Å². The van der Waals surface area contributed by atoms with Crippen LogP contribution in [0.15, 0.2) is 35.5 Å². The molecule has 0 aliphatic carbocycles. The van der Waals surface area contributed by atoms with Crippen molar-refractivity contribution in [1.29, 1.82) is 0 Å². The van der Waals surface area contributed by atoms with Crippen LogP contribution in [0.25, 0.3) is 5.69 Å². The summed E-state index contributed by atoms with van der Waals surface area (Å²) in [6, 6.07) is 9.72. The van der Waals surface area contributed by atoms with E-state index >= 15 is 0 Å². The first-order valence-electron chi connectivity index (χ1n) is 8.34. The van der Waals surface area contributed by atoms with Crippen molar-refractivity contribution >= 4 is 17.7 Å². The Hall–Kier alpha value is -1.89. The maximum atomic E-state index is 12.8. The number of piperidine rings is 1. The zero-order valence-electron chi connectivity index (χ0n) is 14.3. The lowest BCUT2D eigenvalue weighted by molar-refractivity contribution is -0.132. The lowest BCUT2D eigenvalue weighted by atomic mass is 9.92. The summed E-state index contributed by atoms with van der Waals surface area (Å²) >= 11 is 1.41. The standard InChI is InChI=1S/C17H23N5OS/c1-12-9-13(2)11-21(10-12)16(23)14(3)24-17-18-19-20-22(17)15-7-5-4-6-8-15/h4-8,12-14H,9-11H2,1-3H3. The second-order valence-corrected chi connectivity index (χ2v) is 7.97. The van der Waals surface area contributed by atoms with E-state index in [2.05, 4.69) is 29.4 Å². The third kappa shape index (κ3) is 3.77. The van der Waals surface area contributed by atoms with E-state index in [1.54, 1.807) is 4.68 Å². The number of amides is 1. The van der Waals surface area contributed by atoms with E-state index < -0.39 is 0 Å². The Morgan fingerprint density at radius 1 is 1.21 bits per heavy atom. The minimum Gasteiger partial charge on any atom is -0.341 e. The number of likely N-dealkylation sites (tertiary alicyclic amines) is 1. The Balaban J connectivity index is 1.70. The fraction of sp³-hybridized carbons (Fsp3) is 0.529. The maximum Gasteiger partial charge on any atom is 0.235 e. The van der Waals surface area contributed by atoms with Crippen LogP contribution < -0.4 is 0 Å². The zero-order chi connectivity index (χ0) is 17.1. The van der Waals surface area contributed by atoms with E-state index in [0.717, 1.165) is 18.8 Å². The quantitative estimate of drug-likeness (QED) is 0.797. The van der Waals surface area contributed by atoms with Crippen molar-refractivity contribution in [1.82, 2.24) is 25.1 Å². The molecule has 2 heterocycles. The van der Waals surface area contributed by atoms with Crippen LogP contribution in [0.3, 0.4) is 0 Å². The molecular weight excluding hydrogens is 322 g/mol. The molecule has 7 heteroatoms. The van der Waals surface area contributed by atoms with Gasteiger partial charge in [-0.2, -0.15) is 4.68 Å².